The zero-order valence-electron chi connectivity index (χ0n) is 26.4. The summed E-state index contributed by atoms with van der Waals surface area (Å²) >= 11 is 0. The number of aryl methyl sites for hydroxylation is 2. The lowest BCUT2D eigenvalue weighted by molar-refractivity contribution is -0.137. The van der Waals surface area contributed by atoms with Crippen molar-refractivity contribution in [1.29, 1.82) is 0 Å². The molecule has 44 heavy (non-hydrogen) atoms. The maximum absolute atomic E-state index is 14.0. The van der Waals surface area contributed by atoms with E-state index in [1.54, 1.807) is 0 Å². The molecule has 0 aliphatic carbocycles. The van der Waals surface area contributed by atoms with Gasteiger partial charge in [0.25, 0.3) is 0 Å². The van der Waals surface area contributed by atoms with E-state index in [-0.39, 0.29) is 11.8 Å². The molecule has 3 N–H and O–H groups in total. The van der Waals surface area contributed by atoms with Crippen LogP contribution in [0, 0.1) is 13.8 Å². The minimum atomic E-state index is -0.651. The molecule has 5 aromatic rings. The van der Waals surface area contributed by atoms with E-state index in [1.165, 1.54) is 22.3 Å². The summed E-state index contributed by atoms with van der Waals surface area (Å²) in [5, 5.41) is 15.6. The van der Waals surface area contributed by atoms with E-state index < -0.39 is 5.41 Å². The molecule has 9 heteroatoms. The van der Waals surface area contributed by atoms with E-state index in [1.807, 2.05) is 18.5 Å². The number of carbonyl (C=O) groups is 1. The molecule has 2 saturated heterocycles. The van der Waals surface area contributed by atoms with Crippen LogP contribution in [0.25, 0.3) is 33.5 Å². The summed E-state index contributed by atoms with van der Waals surface area (Å²) in [7, 11) is 0. The number of aromatic amines is 2. The molecule has 1 aromatic carbocycles. The molecule has 2 aliphatic rings. The molecule has 2 aliphatic heterocycles. The van der Waals surface area contributed by atoms with E-state index in [9.17, 15) is 4.79 Å². The molecule has 6 heterocycles. The molecule has 4 aromatic heterocycles. The molecule has 0 saturated carbocycles. The number of carbonyl (C=O) groups excluding carboxylic acids is 1. The fourth-order valence-corrected chi connectivity index (χ4v) is 7.55. The van der Waals surface area contributed by atoms with E-state index in [2.05, 4.69) is 94.5 Å². The van der Waals surface area contributed by atoms with Gasteiger partial charge in [0, 0.05) is 36.4 Å². The summed E-state index contributed by atoms with van der Waals surface area (Å²) < 4.78 is 0. The molecule has 1 amide bonds. The van der Waals surface area contributed by atoms with Gasteiger partial charge in [-0.25, -0.2) is 9.97 Å². The Hall–Kier alpha value is -4.11. The number of fused-ring (bicyclic) bond motifs is 4. The number of H-pyrrole nitrogens is 2. The number of nitrogens with zero attached hydrogens (tertiary/aromatic N) is 5. The van der Waals surface area contributed by atoms with Gasteiger partial charge in [-0.15, -0.1) is 5.10 Å². The predicted molar refractivity (Wildman–Crippen MR) is 174 cm³/mol. The first-order valence-electron chi connectivity index (χ1n) is 16.0. The standard InChI is InChI=1S/C35H42N8O/c1-20-12-21(2)14-24(13-20)31-30(22(3)17-36-11-10-23-15-29-33(37-18-23)41-42-40-29)28-16-25(19-38-32(28)39-31)35(4,5)34(44)43-26-6-7-27(43)9-8-26/h12-16,18-19,22,26-27,36H,6-11,17H2,1-5H3,(H,38,39)(H,37,40,41,42)/t22-,26?,27?/m1/s1. The number of benzene rings is 1. The largest absolute Gasteiger partial charge is 0.339 e. The van der Waals surface area contributed by atoms with Gasteiger partial charge >= 0.3 is 0 Å². The number of aromatic nitrogens is 6. The van der Waals surface area contributed by atoms with Crippen molar-refractivity contribution in [1.82, 2.24) is 40.6 Å². The second-order valence-corrected chi connectivity index (χ2v) is 13.6. The summed E-state index contributed by atoms with van der Waals surface area (Å²) in [5.74, 6) is 0.435. The van der Waals surface area contributed by atoms with Crippen molar-refractivity contribution in [2.24, 2.45) is 0 Å². The summed E-state index contributed by atoms with van der Waals surface area (Å²) in [5.41, 5.74) is 9.71. The molecule has 1 atom stereocenters. The Morgan fingerprint density at radius 1 is 1.00 bits per heavy atom. The monoisotopic (exact) mass is 590 g/mol. The van der Waals surface area contributed by atoms with Gasteiger partial charge in [0.2, 0.25) is 11.6 Å². The Labute approximate surface area is 258 Å². The van der Waals surface area contributed by atoms with Crippen LogP contribution in [0.5, 0.6) is 0 Å². The second kappa shape index (κ2) is 11.1. The van der Waals surface area contributed by atoms with E-state index >= 15 is 0 Å². The van der Waals surface area contributed by atoms with Crippen LogP contribution in [0.4, 0.5) is 0 Å². The highest BCUT2D eigenvalue weighted by molar-refractivity contribution is 5.93. The van der Waals surface area contributed by atoms with Crippen molar-refractivity contribution >= 4 is 28.1 Å². The SMILES string of the molecule is Cc1cc(C)cc(-c2[nH]c3ncc(C(C)(C)C(=O)N4C5CCC4CC5)cc3c2[C@H](C)CNCCc2cnc3n[nH]nc3c2)c1. The third-order valence-electron chi connectivity index (χ3n) is 9.91. The highest BCUT2D eigenvalue weighted by Gasteiger charge is 2.47. The minimum Gasteiger partial charge on any atom is -0.339 e. The van der Waals surface area contributed by atoms with Crippen LogP contribution in [0.1, 0.15) is 80.2 Å². The Morgan fingerprint density at radius 2 is 1.73 bits per heavy atom. The third kappa shape index (κ3) is 5.07. The topological polar surface area (TPSA) is 115 Å². The maximum Gasteiger partial charge on any atom is 0.233 e. The lowest BCUT2D eigenvalue weighted by Gasteiger charge is -2.32. The number of hydrogen-bond acceptors (Lipinski definition) is 6. The normalized spacial score (nSPS) is 19.0. The highest BCUT2D eigenvalue weighted by atomic mass is 16.2. The molecule has 2 fully saturated rings. The first-order valence-corrected chi connectivity index (χ1v) is 16.0. The van der Waals surface area contributed by atoms with Crippen molar-refractivity contribution < 1.29 is 4.79 Å². The molecular weight excluding hydrogens is 548 g/mol. The van der Waals surface area contributed by atoms with Crippen molar-refractivity contribution in [3.05, 3.63) is 70.5 Å². The van der Waals surface area contributed by atoms with Crippen LogP contribution < -0.4 is 5.32 Å². The number of hydrogen-bond donors (Lipinski definition) is 3. The molecule has 0 unspecified atom stereocenters. The van der Waals surface area contributed by atoms with E-state index in [0.29, 0.717) is 17.7 Å². The molecule has 0 spiro atoms. The van der Waals surface area contributed by atoms with Gasteiger partial charge in [-0.2, -0.15) is 10.3 Å². The lowest BCUT2D eigenvalue weighted by Crippen LogP contribution is -2.46. The van der Waals surface area contributed by atoms with Crippen LogP contribution >= 0.6 is 0 Å². The summed E-state index contributed by atoms with van der Waals surface area (Å²) in [6.45, 7) is 12.3. The molecule has 7 rings (SSSR count). The molecule has 2 bridgehead atoms. The average Bonchev–Trinajstić information content (AvgIpc) is 3.80. The van der Waals surface area contributed by atoms with Gasteiger partial charge in [0.05, 0.1) is 11.1 Å². The fourth-order valence-electron chi connectivity index (χ4n) is 7.55. The predicted octanol–water partition coefficient (Wildman–Crippen LogP) is 5.88. The fraction of sp³-hybridized carbons (Fsp3) is 0.457. The van der Waals surface area contributed by atoms with Gasteiger partial charge in [0.15, 0.2) is 0 Å². The highest BCUT2D eigenvalue weighted by Crippen LogP contribution is 2.42. The summed E-state index contributed by atoms with van der Waals surface area (Å²) in [6.07, 6.45) is 9.19. The average molecular weight is 591 g/mol. The summed E-state index contributed by atoms with van der Waals surface area (Å²) in [4.78, 5) is 29.2. The van der Waals surface area contributed by atoms with Gasteiger partial charge in [-0.3, -0.25) is 4.79 Å². The van der Waals surface area contributed by atoms with Gasteiger partial charge in [-0.1, -0.05) is 24.1 Å². The van der Waals surface area contributed by atoms with Crippen LogP contribution in [0.15, 0.2) is 42.7 Å². The summed E-state index contributed by atoms with van der Waals surface area (Å²) in [6, 6.07) is 11.8. The Bertz CT molecular complexity index is 1810. The maximum atomic E-state index is 14.0. The Morgan fingerprint density at radius 3 is 2.45 bits per heavy atom. The Balaban J connectivity index is 1.19. The molecule has 9 nitrogen and oxygen atoms in total. The van der Waals surface area contributed by atoms with Gasteiger partial charge in [0.1, 0.15) is 11.2 Å². The first-order chi connectivity index (χ1) is 21.2. The number of nitrogens with one attached hydrogen (secondary N) is 3. The molecule has 228 valence electrons. The third-order valence-corrected chi connectivity index (χ3v) is 9.91. The number of rotatable bonds is 9. The number of amides is 1. The van der Waals surface area contributed by atoms with Crippen LogP contribution in [-0.2, 0) is 16.6 Å². The van der Waals surface area contributed by atoms with Crippen molar-refractivity contribution in [3.63, 3.8) is 0 Å². The zero-order chi connectivity index (χ0) is 30.6. The van der Waals surface area contributed by atoms with E-state index in [4.69, 9.17) is 4.98 Å². The van der Waals surface area contributed by atoms with Gasteiger partial charge < -0.3 is 15.2 Å². The van der Waals surface area contributed by atoms with Crippen LogP contribution in [0.2, 0.25) is 0 Å². The lowest BCUT2D eigenvalue weighted by atomic mass is 9.82. The Kier molecular flexibility index (Phi) is 7.23. The first kappa shape index (κ1) is 28.6. The second-order valence-electron chi connectivity index (χ2n) is 13.6. The van der Waals surface area contributed by atoms with E-state index in [0.717, 1.165) is 78.6 Å². The number of pyridine rings is 2. The van der Waals surface area contributed by atoms with Gasteiger partial charge in [-0.05, 0) is 119 Å². The van der Waals surface area contributed by atoms with Crippen molar-refractivity contribution in [3.8, 4) is 11.3 Å². The minimum absolute atomic E-state index is 0.195. The molecular formula is C35H42N8O. The van der Waals surface area contributed by atoms with Crippen molar-refractivity contribution in [2.75, 3.05) is 13.1 Å². The zero-order valence-corrected chi connectivity index (χ0v) is 26.4. The smallest absolute Gasteiger partial charge is 0.233 e. The van der Waals surface area contributed by atoms with Crippen molar-refractivity contribution in [2.45, 2.75) is 90.1 Å². The van der Waals surface area contributed by atoms with Crippen LogP contribution in [-0.4, -0.2) is 66.3 Å². The quantitative estimate of drug-likeness (QED) is 0.185. The van der Waals surface area contributed by atoms with Crippen LogP contribution in [0.3, 0.4) is 0 Å². The molecule has 0 radical (unpaired) electrons.